The number of amides is 1. The molecule has 2 aromatic heterocycles. The number of H-pyrrole nitrogens is 1. The van der Waals surface area contributed by atoms with Gasteiger partial charge in [0, 0.05) is 37.4 Å². The van der Waals surface area contributed by atoms with Gasteiger partial charge < -0.3 is 9.80 Å². The van der Waals surface area contributed by atoms with Gasteiger partial charge in [-0.3, -0.25) is 9.89 Å². The van der Waals surface area contributed by atoms with Gasteiger partial charge >= 0.3 is 6.18 Å². The maximum Gasteiger partial charge on any atom is 0.419 e. The van der Waals surface area contributed by atoms with E-state index in [2.05, 4.69) is 22.1 Å². The SMILES string of the molecule is [CH2][C@H](C(=O)N1CCN(c2c(C(F)(F)F)cnc3[nH]ncc23)CC1)c1ccc(Cl)cc1. The van der Waals surface area contributed by atoms with Crippen molar-refractivity contribution in [1.29, 1.82) is 0 Å². The monoisotopic (exact) mass is 436 g/mol. The zero-order chi connectivity index (χ0) is 21.5. The number of hydrogen-bond donors (Lipinski definition) is 1. The summed E-state index contributed by atoms with van der Waals surface area (Å²) in [4.78, 5) is 19.9. The summed E-state index contributed by atoms with van der Waals surface area (Å²) in [5.74, 6) is -0.780. The van der Waals surface area contributed by atoms with Crippen LogP contribution in [0.4, 0.5) is 18.9 Å². The number of carbonyl (C=O) groups excluding carboxylic acids is 1. The van der Waals surface area contributed by atoms with Crippen LogP contribution in [0.5, 0.6) is 0 Å². The molecule has 1 radical (unpaired) electrons. The van der Waals surface area contributed by atoms with Crippen LogP contribution in [0.1, 0.15) is 17.0 Å². The highest BCUT2D eigenvalue weighted by atomic mass is 35.5. The van der Waals surface area contributed by atoms with E-state index in [4.69, 9.17) is 11.6 Å². The van der Waals surface area contributed by atoms with Gasteiger partial charge in [-0.2, -0.15) is 18.3 Å². The summed E-state index contributed by atoms with van der Waals surface area (Å²) in [6.07, 6.45) is -2.38. The molecule has 0 unspecified atom stereocenters. The molecule has 0 bridgehead atoms. The normalized spacial score (nSPS) is 16.2. The van der Waals surface area contributed by atoms with Crippen molar-refractivity contribution in [3.05, 3.63) is 59.7 Å². The Kier molecular flexibility index (Phi) is 5.31. The molecule has 30 heavy (non-hydrogen) atoms. The highest BCUT2D eigenvalue weighted by molar-refractivity contribution is 6.30. The first kappa shape index (κ1) is 20.5. The molecule has 1 aliphatic heterocycles. The number of hydrogen-bond acceptors (Lipinski definition) is 4. The van der Waals surface area contributed by atoms with Crippen LogP contribution in [0.3, 0.4) is 0 Å². The zero-order valence-electron chi connectivity index (χ0n) is 15.8. The van der Waals surface area contributed by atoms with Crippen LogP contribution in [0.25, 0.3) is 11.0 Å². The number of pyridine rings is 1. The number of aromatic nitrogens is 3. The van der Waals surface area contributed by atoms with Crippen LogP contribution >= 0.6 is 11.6 Å². The van der Waals surface area contributed by atoms with E-state index < -0.39 is 17.7 Å². The number of halogens is 4. The number of carbonyl (C=O) groups is 1. The molecule has 1 saturated heterocycles. The number of benzene rings is 1. The first-order chi connectivity index (χ1) is 14.3. The summed E-state index contributed by atoms with van der Waals surface area (Å²) in [6.45, 7) is 5.04. The molecule has 1 fully saturated rings. The Morgan fingerprint density at radius 2 is 1.80 bits per heavy atom. The van der Waals surface area contributed by atoms with Gasteiger partial charge in [0.1, 0.15) is 0 Å². The van der Waals surface area contributed by atoms with Crippen LogP contribution in [0.2, 0.25) is 5.02 Å². The summed E-state index contributed by atoms with van der Waals surface area (Å²) < 4.78 is 40.8. The lowest BCUT2D eigenvalue weighted by Crippen LogP contribution is -2.50. The number of fused-ring (bicyclic) bond motifs is 1. The summed E-state index contributed by atoms with van der Waals surface area (Å²) in [6, 6.07) is 6.88. The summed E-state index contributed by atoms with van der Waals surface area (Å²) in [5, 5.41) is 7.30. The molecular weight excluding hydrogens is 419 g/mol. The summed E-state index contributed by atoms with van der Waals surface area (Å²) in [5.41, 5.74) is 0.252. The molecule has 3 heterocycles. The molecule has 1 aliphatic rings. The summed E-state index contributed by atoms with van der Waals surface area (Å²) >= 11 is 5.88. The minimum Gasteiger partial charge on any atom is -0.367 e. The Hall–Kier alpha value is -2.81. The number of aromatic amines is 1. The lowest BCUT2D eigenvalue weighted by Gasteiger charge is -2.38. The maximum atomic E-state index is 13.6. The van der Waals surface area contributed by atoms with E-state index in [9.17, 15) is 18.0 Å². The quantitative estimate of drug-likeness (QED) is 0.676. The fraction of sp³-hybridized carbons (Fsp3) is 0.300. The van der Waals surface area contributed by atoms with Crippen molar-refractivity contribution in [3.63, 3.8) is 0 Å². The Balaban J connectivity index is 1.53. The van der Waals surface area contributed by atoms with Gasteiger partial charge in [0.2, 0.25) is 5.91 Å². The van der Waals surface area contributed by atoms with E-state index in [0.29, 0.717) is 10.4 Å². The fourth-order valence-electron chi connectivity index (χ4n) is 3.64. The standard InChI is InChI=1S/C20H18ClF3N5O/c1-12(13-2-4-14(21)5-3-13)19(30)29-8-6-28(7-9-29)17-15-10-26-27-18(15)25-11-16(17)20(22,23)24/h2-5,10-12H,1,6-9H2,(H,25,26,27)/t12-/m0/s1. The van der Waals surface area contributed by atoms with Crippen molar-refractivity contribution in [1.82, 2.24) is 20.1 Å². The molecule has 0 saturated carbocycles. The molecule has 157 valence electrons. The van der Waals surface area contributed by atoms with Crippen molar-refractivity contribution in [2.75, 3.05) is 31.1 Å². The third-order valence-corrected chi connectivity index (χ3v) is 5.49. The van der Waals surface area contributed by atoms with Crippen LogP contribution < -0.4 is 4.90 Å². The van der Waals surface area contributed by atoms with Crippen molar-refractivity contribution in [2.24, 2.45) is 0 Å². The first-order valence-corrected chi connectivity index (χ1v) is 9.65. The van der Waals surface area contributed by atoms with Crippen molar-refractivity contribution >= 4 is 34.2 Å². The van der Waals surface area contributed by atoms with E-state index in [1.807, 2.05) is 0 Å². The number of nitrogens with one attached hydrogen (secondary N) is 1. The van der Waals surface area contributed by atoms with Crippen molar-refractivity contribution < 1.29 is 18.0 Å². The van der Waals surface area contributed by atoms with E-state index in [1.54, 1.807) is 34.1 Å². The number of alkyl halides is 3. The highest BCUT2D eigenvalue weighted by Crippen LogP contribution is 2.40. The Bertz CT molecular complexity index is 1060. The second kappa shape index (κ2) is 7.79. The molecule has 4 rings (SSSR count). The van der Waals surface area contributed by atoms with E-state index in [1.165, 1.54) is 6.20 Å². The fourth-order valence-corrected chi connectivity index (χ4v) is 3.77. The van der Waals surface area contributed by atoms with Gasteiger partial charge in [0.05, 0.1) is 28.8 Å². The topological polar surface area (TPSA) is 65.1 Å². The smallest absolute Gasteiger partial charge is 0.367 e. The molecule has 1 N–H and O–H groups in total. The van der Waals surface area contributed by atoms with Crippen LogP contribution in [0.15, 0.2) is 36.7 Å². The predicted octanol–water partition coefficient (Wildman–Crippen LogP) is 3.90. The number of nitrogens with zero attached hydrogens (tertiary/aromatic N) is 4. The van der Waals surface area contributed by atoms with Crippen LogP contribution in [-0.4, -0.2) is 52.2 Å². The molecule has 3 aromatic rings. The molecule has 6 nitrogen and oxygen atoms in total. The predicted molar refractivity (Wildman–Crippen MR) is 107 cm³/mol. The van der Waals surface area contributed by atoms with Gasteiger partial charge in [0.25, 0.3) is 0 Å². The third kappa shape index (κ3) is 3.81. The highest BCUT2D eigenvalue weighted by Gasteiger charge is 2.38. The van der Waals surface area contributed by atoms with Crippen LogP contribution in [0, 0.1) is 6.92 Å². The average Bonchev–Trinajstić information content (AvgIpc) is 3.21. The van der Waals surface area contributed by atoms with Gasteiger partial charge in [-0.05, 0) is 24.6 Å². The third-order valence-electron chi connectivity index (χ3n) is 5.24. The van der Waals surface area contributed by atoms with Crippen LogP contribution in [-0.2, 0) is 11.0 Å². The Morgan fingerprint density at radius 1 is 1.13 bits per heavy atom. The zero-order valence-corrected chi connectivity index (χ0v) is 16.5. The summed E-state index contributed by atoms with van der Waals surface area (Å²) in [7, 11) is 0. The van der Waals surface area contributed by atoms with Gasteiger partial charge in [0.15, 0.2) is 5.65 Å². The molecule has 1 atom stereocenters. The van der Waals surface area contributed by atoms with Gasteiger partial charge in [-0.1, -0.05) is 23.7 Å². The lowest BCUT2D eigenvalue weighted by molar-refractivity contribution is -0.137. The van der Waals surface area contributed by atoms with E-state index in [0.717, 1.165) is 11.8 Å². The Morgan fingerprint density at radius 3 is 2.43 bits per heavy atom. The van der Waals surface area contributed by atoms with E-state index in [-0.39, 0.29) is 43.4 Å². The van der Waals surface area contributed by atoms with Gasteiger partial charge in [-0.15, -0.1) is 0 Å². The average molecular weight is 437 g/mol. The molecule has 10 heteroatoms. The van der Waals surface area contributed by atoms with Crippen molar-refractivity contribution in [2.45, 2.75) is 12.1 Å². The van der Waals surface area contributed by atoms with Gasteiger partial charge in [-0.25, -0.2) is 4.98 Å². The van der Waals surface area contributed by atoms with Crippen molar-refractivity contribution in [3.8, 4) is 0 Å². The molecule has 0 spiro atoms. The molecule has 0 aliphatic carbocycles. The lowest BCUT2D eigenvalue weighted by atomic mass is 9.99. The molecule has 1 aromatic carbocycles. The minimum atomic E-state index is -4.55. The number of rotatable bonds is 3. The Labute approximate surface area is 175 Å². The largest absolute Gasteiger partial charge is 0.419 e. The first-order valence-electron chi connectivity index (χ1n) is 9.27. The number of piperazine rings is 1. The minimum absolute atomic E-state index is 0.0391. The second-order valence-corrected chi connectivity index (χ2v) is 7.50. The molecule has 1 amide bonds. The maximum absolute atomic E-state index is 13.6. The second-order valence-electron chi connectivity index (χ2n) is 7.07. The van der Waals surface area contributed by atoms with E-state index >= 15 is 0 Å². The molecular formula is C20H18ClF3N5O. The number of anilines is 1.